The van der Waals surface area contributed by atoms with Gasteiger partial charge in [0.15, 0.2) is 0 Å². The van der Waals surface area contributed by atoms with Crippen LogP contribution < -0.4 is 9.46 Å². The van der Waals surface area contributed by atoms with Crippen molar-refractivity contribution >= 4 is 21.7 Å². The fraction of sp³-hybridized carbons (Fsp3) is 0.360. The molecule has 0 amide bonds. The molecule has 8 nitrogen and oxygen atoms in total. The van der Waals surface area contributed by atoms with Crippen LogP contribution in [0.4, 0.5) is 10.1 Å². The number of methoxy groups -OCH3 is 1. The van der Waals surface area contributed by atoms with Crippen LogP contribution >= 0.6 is 0 Å². The lowest BCUT2D eigenvalue weighted by Gasteiger charge is -2.28. The molecule has 1 saturated carbocycles. The Hall–Kier alpha value is -3.40. The normalized spacial score (nSPS) is 18.3. The van der Waals surface area contributed by atoms with Gasteiger partial charge in [0, 0.05) is 11.6 Å². The Balaban J connectivity index is 1.51. The van der Waals surface area contributed by atoms with Crippen LogP contribution in [0, 0.1) is 11.7 Å². The van der Waals surface area contributed by atoms with E-state index < -0.39 is 32.4 Å². The zero-order valence-corrected chi connectivity index (χ0v) is 20.3. The van der Waals surface area contributed by atoms with E-state index in [2.05, 4.69) is 16.6 Å². The van der Waals surface area contributed by atoms with Crippen LogP contribution in [0.3, 0.4) is 0 Å². The molecule has 0 aliphatic heterocycles. The second kappa shape index (κ2) is 10.1. The lowest BCUT2D eigenvalue weighted by atomic mass is 9.78. The molecule has 0 spiro atoms. The fourth-order valence-electron chi connectivity index (χ4n) is 4.48. The van der Waals surface area contributed by atoms with Gasteiger partial charge in [-0.25, -0.2) is 9.18 Å². The first-order valence-corrected chi connectivity index (χ1v) is 12.9. The SMILES string of the molecule is CCC1CCC(c2ccc(-c3nc(S(=O)(=O)Nc4cc(F)c(C(=O)O)cc4OC)co3)cc2)CC1. The molecule has 1 aromatic heterocycles. The number of anilines is 1. The van der Waals surface area contributed by atoms with E-state index in [0.717, 1.165) is 24.3 Å². The molecule has 35 heavy (non-hydrogen) atoms. The van der Waals surface area contributed by atoms with E-state index in [4.69, 9.17) is 14.3 Å². The molecule has 1 aliphatic carbocycles. The number of sulfonamides is 1. The molecule has 0 bridgehead atoms. The maximum absolute atomic E-state index is 14.1. The monoisotopic (exact) mass is 502 g/mol. The maximum atomic E-state index is 14.1. The number of hydrogen-bond acceptors (Lipinski definition) is 6. The van der Waals surface area contributed by atoms with Gasteiger partial charge >= 0.3 is 5.97 Å². The van der Waals surface area contributed by atoms with Crippen molar-refractivity contribution in [2.75, 3.05) is 11.8 Å². The predicted molar refractivity (Wildman–Crippen MR) is 128 cm³/mol. The van der Waals surface area contributed by atoms with Gasteiger partial charge < -0.3 is 14.3 Å². The number of nitrogens with one attached hydrogen (secondary N) is 1. The summed E-state index contributed by atoms with van der Waals surface area (Å²) in [6.07, 6.45) is 7.04. The van der Waals surface area contributed by atoms with Gasteiger partial charge in [-0.05, 0) is 61.3 Å². The Morgan fingerprint density at radius 3 is 2.49 bits per heavy atom. The number of carbonyl (C=O) groups is 1. The van der Waals surface area contributed by atoms with E-state index >= 15 is 0 Å². The molecule has 1 fully saturated rings. The minimum absolute atomic E-state index is 0.131. The Morgan fingerprint density at radius 1 is 1.20 bits per heavy atom. The number of oxazole rings is 1. The third kappa shape index (κ3) is 5.32. The highest BCUT2D eigenvalue weighted by Crippen LogP contribution is 2.37. The Morgan fingerprint density at radius 2 is 1.89 bits per heavy atom. The maximum Gasteiger partial charge on any atom is 0.338 e. The summed E-state index contributed by atoms with van der Waals surface area (Å²) in [5.41, 5.74) is 0.979. The van der Waals surface area contributed by atoms with Gasteiger partial charge in [0.05, 0.1) is 18.4 Å². The second-order valence-electron chi connectivity index (χ2n) is 8.68. The number of ether oxygens (including phenoxy) is 1. The predicted octanol–water partition coefficient (Wildman–Crippen LogP) is 5.67. The molecule has 0 unspecified atom stereocenters. The minimum atomic E-state index is -4.27. The van der Waals surface area contributed by atoms with E-state index in [1.165, 1.54) is 44.8 Å². The Bertz CT molecular complexity index is 1310. The van der Waals surface area contributed by atoms with Crippen molar-refractivity contribution < 1.29 is 31.9 Å². The molecule has 10 heteroatoms. The average molecular weight is 503 g/mol. The molecular formula is C25H27FN2O6S. The van der Waals surface area contributed by atoms with Gasteiger partial charge in [-0.15, -0.1) is 0 Å². The molecule has 1 aliphatic rings. The van der Waals surface area contributed by atoms with Crippen molar-refractivity contribution in [3.05, 3.63) is 59.6 Å². The molecule has 0 atom stereocenters. The lowest BCUT2D eigenvalue weighted by molar-refractivity contribution is 0.0691. The number of carboxylic acid groups (broad SMARTS) is 1. The number of aromatic nitrogens is 1. The van der Waals surface area contributed by atoms with Gasteiger partial charge in [-0.3, -0.25) is 4.72 Å². The van der Waals surface area contributed by atoms with Gasteiger partial charge in [0.1, 0.15) is 17.8 Å². The third-order valence-corrected chi connectivity index (χ3v) is 7.80. The van der Waals surface area contributed by atoms with E-state index in [0.29, 0.717) is 11.5 Å². The third-order valence-electron chi connectivity index (χ3n) is 6.58. The zero-order chi connectivity index (χ0) is 25.2. The van der Waals surface area contributed by atoms with Crippen molar-refractivity contribution in [3.8, 4) is 17.2 Å². The molecule has 3 aromatic rings. The lowest BCUT2D eigenvalue weighted by Crippen LogP contribution is -2.15. The van der Waals surface area contributed by atoms with Crippen LogP contribution in [0.2, 0.25) is 0 Å². The molecule has 4 rings (SSSR count). The molecule has 2 aromatic carbocycles. The zero-order valence-electron chi connectivity index (χ0n) is 19.5. The number of aromatic carboxylic acids is 1. The standard InChI is InChI=1S/C25H27FN2O6S/c1-3-15-4-6-16(7-5-15)17-8-10-18(11-9-17)24-27-23(14-34-24)35(31,32)28-21-13-20(26)19(25(29)30)12-22(21)33-2/h8-16,28H,3-7H2,1-2H3,(H,29,30). The van der Waals surface area contributed by atoms with Crippen molar-refractivity contribution in [2.24, 2.45) is 5.92 Å². The molecule has 0 saturated heterocycles. The summed E-state index contributed by atoms with van der Waals surface area (Å²) in [5.74, 6) is -1.29. The minimum Gasteiger partial charge on any atom is -0.495 e. The summed E-state index contributed by atoms with van der Waals surface area (Å²) < 4.78 is 52.4. The van der Waals surface area contributed by atoms with Crippen molar-refractivity contribution in [2.45, 2.75) is 50.0 Å². The topological polar surface area (TPSA) is 119 Å². The molecular weight excluding hydrogens is 475 g/mol. The van der Waals surface area contributed by atoms with E-state index in [9.17, 15) is 17.6 Å². The summed E-state index contributed by atoms with van der Waals surface area (Å²) in [7, 11) is -3.05. The number of carboxylic acids is 1. The van der Waals surface area contributed by atoms with E-state index in [1.807, 2.05) is 24.3 Å². The number of halogens is 1. The average Bonchev–Trinajstić information content (AvgIpc) is 3.35. The fourth-order valence-corrected chi connectivity index (χ4v) is 5.41. The summed E-state index contributed by atoms with van der Waals surface area (Å²) in [6, 6.07) is 9.43. The first kappa shape index (κ1) is 24.7. The first-order valence-electron chi connectivity index (χ1n) is 11.4. The Kier molecular flexibility index (Phi) is 7.11. The van der Waals surface area contributed by atoms with Crippen LogP contribution in [-0.2, 0) is 10.0 Å². The molecule has 186 valence electrons. The molecule has 1 heterocycles. The van der Waals surface area contributed by atoms with Crippen LogP contribution in [0.25, 0.3) is 11.5 Å². The summed E-state index contributed by atoms with van der Waals surface area (Å²) in [4.78, 5) is 15.2. The number of rotatable bonds is 8. The van der Waals surface area contributed by atoms with Crippen LogP contribution in [-0.4, -0.2) is 31.6 Å². The second-order valence-corrected chi connectivity index (χ2v) is 10.3. The highest BCUT2D eigenvalue weighted by Gasteiger charge is 2.25. The number of nitrogens with zero attached hydrogens (tertiary/aromatic N) is 1. The van der Waals surface area contributed by atoms with Gasteiger partial charge in [0.2, 0.25) is 10.9 Å². The van der Waals surface area contributed by atoms with Crippen LogP contribution in [0.1, 0.15) is 60.9 Å². The first-order chi connectivity index (χ1) is 16.7. The molecule has 0 radical (unpaired) electrons. The van der Waals surface area contributed by atoms with Gasteiger partial charge in [0.25, 0.3) is 10.0 Å². The van der Waals surface area contributed by atoms with Crippen molar-refractivity contribution in [3.63, 3.8) is 0 Å². The van der Waals surface area contributed by atoms with E-state index in [1.54, 1.807) is 0 Å². The molecule has 2 N–H and O–H groups in total. The summed E-state index contributed by atoms with van der Waals surface area (Å²) >= 11 is 0. The van der Waals surface area contributed by atoms with Crippen LogP contribution in [0.5, 0.6) is 5.75 Å². The highest BCUT2D eigenvalue weighted by molar-refractivity contribution is 7.92. The summed E-state index contributed by atoms with van der Waals surface area (Å²) in [5, 5.41) is 8.65. The smallest absolute Gasteiger partial charge is 0.338 e. The largest absolute Gasteiger partial charge is 0.495 e. The quantitative estimate of drug-likeness (QED) is 0.407. The number of benzene rings is 2. The van der Waals surface area contributed by atoms with E-state index in [-0.39, 0.29) is 17.3 Å². The van der Waals surface area contributed by atoms with Gasteiger partial charge in [-0.2, -0.15) is 13.4 Å². The highest BCUT2D eigenvalue weighted by atomic mass is 32.2. The van der Waals surface area contributed by atoms with Crippen molar-refractivity contribution in [1.29, 1.82) is 0 Å². The van der Waals surface area contributed by atoms with Crippen molar-refractivity contribution in [1.82, 2.24) is 4.98 Å². The summed E-state index contributed by atoms with van der Waals surface area (Å²) in [6.45, 7) is 2.24. The van der Waals surface area contributed by atoms with Gasteiger partial charge in [-0.1, -0.05) is 25.5 Å². The number of hydrogen-bond donors (Lipinski definition) is 2. The van der Waals surface area contributed by atoms with Crippen LogP contribution in [0.15, 0.2) is 52.1 Å². The Labute approximate surface area is 203 Å².